The first kappa shape index (κ1) is 13.0. The number of aromatic amines is 1. The van der Waals surface area contributed by atoms with Crippen LogP contribution in [0.3, 0.4) is 0 Å². The number of nitrogens with one attached hydrogen (secondary N) is 1. The molecule has 0 unspecified atom stereocenters. The van der Waals surface area contributed by atoms with Gasteiger partial charge in [-0.1, -0.05) is 30.3 Å². The van der Waals surface area contributed by atoms with Crippen molar-refractivity contribution in [2.75, 3.05) is 0 Å². The Labute approximate surface area is 130 Å². The lowest BCUT2D eigenvalue weighted by Crippen LogP contribution is -2.14. The van der Waals surface area contributed by atoms with Crippen LogP contribution in [0.15, 0.2) is 58.0 Å². The lowest BCUT2D eigenvalue weighted by molar-refractivity contribution is 0.882. The van der Waals surface area contributed by atoms with E-state index in [2.05, 4.69) is 5.10 Å². The van der Waals surface area contributed by atoms with Crippen LogP contribution < -0.4 is 5.56 Å². The molecular weight excluding hydrogens is 294 g/mol. The molecule has 0 aliphatic carbocycles. The van der Waals surface area contributed by atoms with E-state index in [4.69, 9.17) is 4.98 Å². The maximum Gasteiger partial charge on any atom is 0.273 e. The summed E-state index contributed by atoms with van der Waals surface area (Å²) in [4.78, 5) is 17.1. The molecule has 4 aromatic rings. The molecule has 0 amide bonds. The lowest BCUT2D eigenvalue weighted by Gasteiger charge is -2.02. The fraction of sp³-hybridized carbons (Fsp3) is 0.0588. The van der Waals surface area contributed by atoms with Crippen LogP contribution in [0.1, 0.15) is 5.69 Å². The summed E-state index contributed by atoms with van der Waals surface area (Å²) < 4.78 is 1.51. The van der Waals surface area contributed by atoms with Gasteiger partial charge < -0.3 is 0 Å². The molecule has 0 atom stereocenters. The van der Waals surface area contributed by atoms with Crippen LogP contribution in [0.2, 0.25) is 0 Å². The minimum absolute atomic E-state index is 0.100. The van der Waals surface area contributed by atoms with Gasteiger partial charge in [0.25, 0.3) is 5.56 Å². The maximum atomic E-state index is 12.4. The van der Waals surface area contributed by atoms with E-state index in [1.807, 2.05) is 54.1 Å². The third-order valence-corrected chi connectivity index (χ3v) is 4.36. The largest absolute Gasteiger partial charge is 0.293 e. The molecule has 0 radical (unpaired) electrons. The molecule has 0 fully saturated rings. The Hall–Kier alpha value is -2.66. The summed E-state index contributed by atoms with van der Waals surface area (Å²) >= 11 is 1.59. The number of benzene rings is 1. The standard InChI is InChI=1S/C17H13N3OS/c1-11-16(12-5-3-2-4-6-12)17-18-14(13-7-8-22-10-13)9-15(21)20(17)19-11/h2-10,19H,1H3. The van der Waals surface area contributed by atoms with Crippen molar-refractivity contribution in [3.63, 3.8) is 0 Å². The third-order valence-electron chi connectivity index (χ3n) is 3.68. The van der Waals surface area contributed by atoms with E-state index >= 15 is 0 Å². The van der Waals surface area contributed by atoms with Crippen LogP contribution >= 0.6 is 11.3 Å². The molecule has 3 aromatic heterocycles. The van der Waals surface area contributed by atoms with Gasteiger partial charge in [-0.3, -0.25) is 9.89 Å². The van der Waals surface area contributed by atoms with Crippen molar-refractivity contribution in [1.82, 2.24) is 14.6 Å². The number of thiophene rings is 1. The Balaban J connectivity index is 2.06. The fourth-order valence-electron chi connectivity index (χ4n) is 2.66. The molecule has 0 aliphatic heterocycles. The highest BCUT2D eigenvalue weighted by molar-refractivity contribution is 7.08. The first-order valence-corrected chi connectivity index (χ1v) is 7.89. The highest BCUT2D eigenvalue weighted by atomic mass is 32.1. The number of rotatable bonds is 2. The highest BCUT2D eigenvalue weighted by Gasteiger charge is 2.15. The number of aromatic nitrogens is 3. The first-order valence-electron chi connectivity index (χ1n) is 6.94. The van der Waals surface area contributed by atoms with Crippen molar-refractivity contribution < 1.29 is 0 Å². The van der Waals surface area contributed by atoms with E-state index in [9.17, 15) is 4.79 Å². The molecule has 4 nitrogen and oxygen atoms in total. The second-order valence-electron chi connectivity index (χ2n) is 5.13. The highest BCUT2D eigenvalue weighted by Crippen LogP contribution is 2.28. The maximum absolute atomic E-state index is 12.4. The number of aryl methyl sites for hydroxylation is 1. The summed E-state index contributed by atoms with van der Waals surface area (Å²) in [5, 5.41) is 7.10. The summed E-state index contributed by atoms with van der Waals surface area (Å²) in [6.07, 6.45) is 0. The average Bonchev–Trinajstić information content (AvgIpc) is 3.15. The first-order chi connectivity index (χ1) is 10.7. The van der Waals surface area contributed by atoms with Crippen LogP contribution in [-0.2, 0) is 0 Å². The Morgan fingerprint density at radius 3 is 2.68 bits per heavy atom. The van der Waals surface area contributed by atoms with Crippen molar-refractivity contribution in [3.8, 4) is 22.4 Å². The van der Waals surface area contributed by atoms with E-state index in [1.54, 1.807) is 17.4 Å². The molecule has 0 saturated carbocycles. The van der Waals surface area contributed by atoms with Gasteiger partial charge in [-0.05, 0) is 23.9 Å². The predicted molar refractivity (Wildman–Crippen MR) is 89.3 cm³/mol. The average molecular weight is 307 g/mol. The fourth-order valence-corrected chi connectivity index (χ4v) is 3.31. The van der Waals surface area contributed by atoms with Gasteiger partial charge in [0.1, 0.15) is 0 Å². The van der Waals surface area contributed by atoms with Crippen LogP contribution in [0.25, 0.3) is 28.0 Å². The van der Waals surface area contributed by atoms with Gasteiger partial charge >= 0.3 is 0 Å². The lowest BCUT2D eigenvalue weighted by atomic mass is 10.1. The van der Waals surface area contributed by atoms with Gasteiger partial charge in [0.05, 0.1) is 5.69 Å². The minimum atomic E-state index is -0.100. The van der Waals surface area contributed by atoms with Crippen LogP contribution in [0.4, 0.5) is 0 Å². The molecule has 3 heterocycles. The van der Waals surface area contributed by atoms with Crippen molar-refractivity contribution in [3.05, 3.63) is 69.3 Å². The SMILES string of the molecule is Cc1[nH]n2c(=O)cc(-c3ccsc3)nc2c1-c1ccccc1. The van der Waals surface area contributed by atoms with Crippen LogP contribution in [0.5, 0.6) is 0 Å². The summed E-state index contributed by atoms with van der Waals surface area (Å²) in [5.74, 6) is 0. The van der Waals surface area contributed by atoms with Gasteiger partial charge in [-0.2, -0.15) is 11.3 Å². The monoisotopic (exact) mass is 307 g/mol. The van der Waals surface area contributed by atoms with Gasteiger partial charge in [0, 0.05) is 28.3 Å². The molecule has 108 valence electrons. The van der Waals surface area contributed by atoms with E-state index < -0.39 is 0 Å². The summed E-state index contributed by atoms with van der Waals surface area (Å²) in [6.45, 7) is 1.96. The molecular formula is C17H13N3OS. The topological polar surface area (TPSA) is 50.2 Å². The van der Waals surface area contributed by atoms with Gasteiger partial charge in [-0.25, -0.2) is 9.50 Å². The molecule has 4 rings (SSSR count). The molecule has 1 aromatic carbocycles. The number of hydrogen-bond donors (Lipinski definition) is 1. The zero-order valence-corrected chi connectivity index (χ0v) is 12.7. The molecule has 1 N–H and O–H groups in total. The van der Waals surface area contributed by atoms with Crippen LogP contribution in [-0.4, -0.2) is 14.6 Å². The molecule has 0 aliphatic rings. The Kier molecular flexibility index (Phi) is 2.94. The van der Waals surface area contributed by atoms with Crippen molar-refractivity contribution in [2.24, 2.45) is 0 Å². The van der Waals surface area contributed by atoms with Crippen molar-refractivity contribution in [1.29, 1.82) is 0 Å². The van der Waals surface area contributed by atoms with Crippen molar-refractivity contribution >= 4 is 17.0 Å². The molecule has 22 heavy (non-hydrogen) atoms. The van der Waals surface area contributed by atoms with Crippen LogP contribution in [0, 0.1) is 6.92 Å². The number of hydrogen-bond acceptors (Lipinski definition) is 3. The summed E-state index contributed by atoms with van der Waals surface area (Å²) in [5.41, 5.74) is 5.19. The molecule has 0 saturated heterocycles. The Morgan fingerprint density at radius 2 is 1.95 bits per heavy atom. The molecule has 0 bridgehead atoms. The van der Waals surface area contributed by atoms with Crippen molar-refractivity contribution in [2.45, 2.75) is 6.92 Å². The Morgan fingerprint density at radius 1 is 1.14 bits per heavy atom. The van der Waals surface area contributed by atoms with Gasteiger partial charge in [-0.15, -0.1) is 0 Å². The smallest absolute Gasteiger partial charge is 0.273 e. The van der Waals surface area contributed by atoms with E-state index in [-0.39, 0.29) is 5.56 Å². The second kappa shape index (κ2) is 4.96. The van der Waals surface area contributed by atoms with E-state index in [0.29, 0.717) is 11.3 Å². The normalized spacial score (nSPS) is 11.1. The minimum Gasteiger partial charge on any atom is -0.293 e. The summed E-state index contributed by atoms with van der Waals surface area (Å²) in [6, 6.07) is 13.5. The zero-order chi connectivity index (χ0) is 15.1. The van der Waals surface area contributed by atoms with Gasteiger partial charge in [0.15, 0.2) is 5.65 Å². The molecule has 0 spiro atoms. The third kappa shape index (κ3) is 1.98. The number of H-pyrrole nitrogens is 1. The predicted octanol–water partition coefficient (Wildman–Crippen LogP) is 3.73. The number of nitrogens with zero attached hydrogens (tertiary/aromatic N) is 2. The Bertz CT molecular complexity index is 998. The second-order valence-corrected chi connectivity index (χ2v) is 5.91. The number of fused-ring (bicyclic) bond motifs is 1. The van der Waals surface area contributed by atoms with E-state index in [0.717, 1.165) is 22.4 Å². The zero-order valence-electron chi connectivity index (χ0n) is 11.9. The van der Waals surface area contributed by atoms with Gasteiger partial charge in [0.2, 0.25) is 0 Å². The summed E-state index contributed by atoms with van der Waals surface area (Å²) in [7, 11) is 0. The quantitative estimate of drug-likeness (QED) is 0.613. The molecule has 5 heteroatoms. The van der Waals surface area contributed by atoms with E-state index in [1.165, 1.54) is 4.52 Å².